The Morgan fingerprint density at radius 1 is 1.50 bits per heavy atom. The molecule has 1 atom stereocenters. The first-order chi connectivity index (χ1) is 8.30. The van der Waals surface area contributed by atoms with Crippen molar-refractivity contribution in [2.75, 3.05) is 6.61 Å². The highest BCUT2D eigenvalue weighted by molar-refractivity contribution is 5.79. The van der Waals surface area contributed by atoms with Crippen molar-refractivity contribution in [3.8, 4) is 11.5 Å². The summed E-state index contributed by atoms with van der Waals surface area (Å²) in [6.07, 6.45) is 0. The molecule has 18 heavy (non-hydrogen) atoms. The second kappa shape index (κ2) is 5.18. The number of phenolic OH excluding ortho intramolecular Hbond substituents is 2. The molecule has 0 fully saturated rings. The molecule has 0 aliphatic heterocycles. The van der Waals surface area contributed by atoms with Crippen molar-refractivity contribution in [2.45, 2.75) is 18.9 Å². The number of hydrogen-bond acceptors (Lipinski definition) is 5. The molecule has 0 heterocycles. The molecule has 0 aliphatic carbocycles. The largest absolute Gasteiger partial charge is 0.508 e. The summed E-state index contributed by atoms with van der Waals surface area (Å²) in [6.45, 7) is 1.17. The molecule has 0 saturated heterocycles. The summed E-state index contributed by atoms with van der Waals surface area (Å²) in [6, 6.07) is 0.871. The van der Waals surface area contributed by atoms with E-state index in [4.69, 9.17) is 10.8 Å². The van der Waals surface area contributed by atoms with Gasteiger partial charge in [-0.15, -0.1) is 0 Å². The van der Waals surface area contributed by atoms with Crippen LogP contribution in [0.25, 0.3) is 0 Å². The van der Waals surface area contributed by atoms with Gasteiger partial charge in [0.1, 0.15) is 17.5 Å². The molecule has 1 rings (SSSR count). The van der Waals surface area contributed by atoms with Crippen LogP contribution in [0.5, 0.6) is 11.5 Å². The maximum atomic E-state index is 13.6. The van der Waals surface area contributed by atoms with Gasteiger partial charge >= 0.3 is 11.9 Å². The van der Waals surface area contributed by atoms with Crippen molar-refractivity contribution >= 4 is 5.97 Å². The molecule has 4 N–H and O–H groups in total. The summed E-state index contributed by atoms with van der Waals surface area (Å²) >= 11 is 0. The first-order valence-corrected chi connectivity index (χ1v) is 5.13. The molecule has 5 nitrogen and oxygen atoms in total. The van der Waals surface area contributed by atoms with Crippen molar-refractivity contribution < 1.29 is 28.5 Å². The van der Waals surface area contributed by atoms with Crippen LogP contribution < -0.4 is 5.73 Å². The highest BCUT2D eigenvalue weighted by atomic mass is 19.3. The number of carbonyl (C=O) groups excluding carboxylic acids is 1. The lowest BCUT2D eigenvalue weighted by atomic mass is 10.00. The minimum atomic E-state index is -4.00. The Morgan fingerprint density at radius 3 is 2.67 bits per heavy atom. The monoisotopic (exact) mass is 261 g/mol. The summed E-state index contributed by atoms with van der Waals surface area (Å²) in [4.78, 5) is 11.1. The quantitative estimate of drug-likeness (QED) is 0.561. The highest BCUT2D eigenvalue weighted by Gasteiger charge is 2.48. The van der Waals surface area contributed by atoms with Crippen LogP contribution in [0.3, 0.4) is 0 Å². The third-order valence-electron chi connectivity index (χ3n) is 2.28. The highest BCUT2D eigenvalue weighted by Crippen LogP contribution is 2.36. The number of hydrogen-bond donors (Lipinski definition) is 3. The summed E-state index contributed by atoms with van der Waals surface area (Å²) in [5.74, 6) is -6.66. The number of halogens is 2. The third-order valence-corrected chi connectivity index (χ3v) is 2.28. The fourth-order valence-electron chi connectivity index (χ4n) is 1.34. The fraction of sp³-hybridized carbons (Fsp3) is 0.364. The van der Waals surface area contributed by atoms with Gasteiger partial charge in [-0.2, -0.15) is 8.78 Å². The third kappa shape index (κ3) is 2.67. The molecule has 0 aromatic heterocycles. The molecule has 0 bridgehead atoms. The molecule has 0 spiro atoms. The first kappa shape index (κ1) is 14.2. The molecule has 7 heteroatoms. The summed E-state index contributed by atoms with van der Waals surface area (Å²) in [5, 5.41) is 18.6. The number of benzene rings is 1. The van der Waals surface area contributed by atoms with E-state index in [9.17, 15) is 18.7 Å². The van der Waals surface area contributed by atoms with Crippen LogP contribution in [0.1, 0.15) is 18.5 Å². The summed E-state index contributed by atoms with van der Waals surface area (Å²) < 4.78 is 31.4. The van der Waals surface area contributed by atoms with Crippen LogP contribution >= 0.6 is 0 Å². The Balaban J connectivity index is 3.08. The number of ether oxygens (including phenoxy) is 1. The minimum absolute atomic E-state index is 0.215. The van der Waals surface area contributed by atoms with Gasteiger partial charge in [-0.05, 0) is 25.1 Å². The van der Waals surface area contributed by atoms with E-state index in [0.717, 1.165) is 18.2 Å². The van der Waals surface area contributed by atoms with E-state index in [0.29, 0.717) is 0 Å². The Kier molecular flexibility index (Phi) is 4.07. The van der Waals surface area contributed by atoms with Crippen LogP contribution in [0.2, 0.25) is 0 Å². The molecule has 0 amide bonds. The van der Waals surface area contributed by atoms with E-state index in [1.54, 1.807) is 0 Å². The van der Waals surface area contributed by atoms with Gasteiger partial charge in [-0.1, -0.05) is 0 Å². The number of alkyl halides is 2. The average Bonchev–Trinajstić information content (AvgIpc) is 2.31. The Morgan fingerprint density at radius 2 is 2.11 bits per heavy atom. The average molecular weight is 261 g/mol. The van der Waals surface area contributed by atoms with E-state index >= 15 is 0 Å². The number of rotatable bonds is 4. The van der Waals surface area contributed by atoms with Crippen LogP contribution in [0.15, 0.2) is 18.2 Å². The van der Waals surface area contributed by atoms with Crippen molar-refractivity contribution in [3.63, 3.8) is 0 Å². The van der Waals surface area contributed by atoms with E-state index in [2.05, 4.69) is 4.74 Å². The molecule has 1 aromatic rings. The predicted molar refractivity (Wildman–Crippen MR) is 58.3 cm³/mol. The zero-order valence-electron chi connectivity index (χ0n) is 9.56. The zero-order valence-corrected chi connectivity index (χ0v) is 9.56. The Labute approximate surface area is 102 Å². The second-order valence-electron chi connectivity index (χ2n) is 3.56. The zero-order chi connectivity index (χ0) is 13.9. The molecule has 0 radical (unpaired) electrons. The molecular weight excluding hydrogens is 248 g/mol. The van der Waals surface area contributed by atoms with Crippen molar-refractivity contribution in [3.05, 3.63) is 23.8 Å². The van der Waals surface area contributed by atoms with Crippen LogP contribution in [0.4, 0.5) is 8.78 Å². The maximum Gasteiger partial charge on any atom is 0.379 e. The van der Waals surface area contributed by atoms with Gasteiger partial charge < -0.3 is 20.7 Å². The van der Waals surface area contributed by atoms with Crippen LogP contribution in [-0.4, -0.2) is 28.7 Å². The topological polar surface area (TPSA) is 92.8 Å². The van der Waals surface area contributed by atoms with Gasteiger partial charge in [-0.25, -0.2) is 4.79 Å². The minimum Gasteiger partial charge on any atom is -0.508 e. The van der Waals surface area contributed by atoms with Gasteiger partial charge in [-0.3, -0.25) is 0 Å². The van der Waals surface area contributed by atoms with Gasteiger partial charge in [0.25, 0.3) is 0 Å². The Bertz CT molecular complexity index is 451. The van der Waals surface area contributed by atoms with Gasteiger partial charge in [0.2, 0.25) is 0 Å². The lowest BCUT2D eigenvalue weighted by Gasteiger charge is -2.22. The molecule has 0 aliphatic rings. The number of phenols is 2. The van der Waals surface area contributed by atoms with Crippen molar-refractivity contribution in [2.24, 2.45) is 5.73 Å². The van der Waals surface area contributed by atoms with Crippen LogP contribution in [0, 0.1) is 0 Å². The van der Waals surface area contributed by atoms with E-state index in [1.807, 2.05) is 0 Å². The molecule has 1 aromatic carbocycles. The molecular formula is C11H13F2NO4. The first-order valence-electron chi connectivity index (χ1n) is 5.13. The van der Waals surface area contributed by atoms with Gasteiger partial charge in [0, 0.05) is 5.56 Å². The number of nitrogens with two attached hydrogens (primary N) is 1. The fourth-order valence-corrected chi connectivity index (χ4v) is 1.34. The van der Waals surface area contributed by atoms with Gasteiger partial charge in [0.05, 0.1) is 6.61 Å². The number of carbonyl (C=O) groups is 1. The smallest absolute Gasteiger partial charge is 0.379 e. The van der Waals surface area contributed by atoms with E-state index < -0.39 is 29.2 Å². The molecule has 0 saturated carbocycles. The second-order valence-corrected chi connectivity index (χ2v) is 3.56. The lowest BCUT2D eigenvalue weighted by molar-refractivity contribution is -0.174. The number of aromatic hydroxyl groups is 2. The van der Waals surface area contributed by atoms with E-state index in [-0.39, 0.29) is 12.4 Å². The molecule has 0 unspecified atom stereocenters. The number of esters is 1. The van der Waals surface area contributed by atoms with E-state index in [1.165, 1.54) is 6.92 Å². The van der Waals surface area contributed by atoms with Crippen LogP contribution in [-0.2, 0) is 9.53 Å². The van der Waals surface area contributed by atoms with Crippen molar-refractivity contribution in [1.82, 2.24) is 0 Å². The normalized spacial score (nSPS) is 13.1. The SMILES string of the molecule is CCOC(=O)C(F)(F)[C@H](N)c1cc(O)ccc1O. The summed E-state index contributed by atoms with van der Waals surface area (Å²) in [7, 11) is 0. The lowest BCUT2D eigenvalue weighted by Crippen LogP contribution is -2.41. The maximum absolute atomic E-state index is 13.6. The molecule has 100 valence electrons. The Hall–Kier alpha value is -1.89. The van der Waals surface area contributed by atoms with Crippen molar-refractivity contribution in [1.29, 1.82) is 0 Å². The van der Waals surface area contributed by atoms with Gasteiger partial charge in [0.15, 0.2) is 0 Å². The predicted octanol–water partition coefficient (Wildman–Crippen LogP) is 1.30. The standard InChI is InChI=1S/C11H13F2NO4/c1-2-18-10(17)11(12,13)9(14)7-5-6(15)3-4-8(7)16/h3-5,9,15-16H,2,14H2,1H3/t9-/m1/s1. The summed E-state index contributed by atoms with van der Waals surface area (Å²) in [5.41, 5.74) is 4.81.